The van der Waals surface area contributed by atoms with Gasteiger partial charge in [-0.1, -0.05) is 18.2 Å². The molecule has 9 heteroatoms. The van der Waals surface area contributed by atoms with Crippen molar-refractivity contribution < 1.29 is 19.0 Å². The van der Waals surface area contributed by atoms with E-state index in [1.165, 1.54) is 10.5 Å². The zero-order chi connectivity index (χ0) is 22.1. The van der Waals surface area contributed by atoms with Gasteiger partial charge in [0, 0.05) is 27.2 Å². The smallest absolute Gasteiger partial charge is 0.259 e. The van der Waals surface area contributed by atoms with Crippen LogP contribution in [0.4, 0.5) is 0 Å². The highest BCUT2D eigenvalue weighted by Gasteiger charge is 2.13. The number of rotatable bonds is 9. The number of ether oxygens (including phenoxy) is 3. The third-order valence-corrected chi connectivity index (χ3v) is 4.67. The molecule has 0 saturated carbocycles. The number of guanidine groups is 1. The molecule has 1 aliphatic heterocycles. The zero-order valence-corrected chi connectivity index (χ0v) is 21.1. The van der Waals surface area contributed by atoms with Gasteiger partial charge in [-0.3, -0.25) is 4.79 Å². The minimum atomic E-state index is -0.0792. The summed E-state index contributed by atoms with van der Waals surface area (Å²) in [5.74, 6) is 2.92. The zero-order valence-electron chi connectivity index (χ0n) is 18.7. The van der Waals surface area contributed by atoms with E-state index in [0.29, 0.717) is 12.3 Å². The van der Waals surface area contributed by atoms with E-state index in [1.807, 2.05) is 49.4 Å². The number of carbonyl (C=O) groups is 1. The number of hydrogen-bond acceptors (Lipinski definition) is 5. The number of likely N-dealkylation sites (N-methyl/N-ethyl adjacent to an activating group) is 1. The molecule has 1 aliphatic rings. The highest BCUT2D eigenvalue weighted by Crippen LogP contribution is 2.32. The highest BCUT2D eigenvalue weighted by atomic mass is 127. The van der Waals surface area contributed by atoms with Gasteiger partial charge >= 0.3 is 0 Å². The number of carbonyl (C=O) groups excluding carboxylic acids is 1. The number of amides is 1. The number of nitrogens with one attached hydrogen (secondary N) is 2. The van der Waals surface area contributed by atoms with Crippen molar-refractivity contribution in [3.05, 3.63) is 53.6 Å². The molecular weight excluding hydrogens is 523 g/mol. The Morgan fingerprint density at radius 1 is 1.09 bits per heavy atom. The van der Waals surface area contributed by atoms with E-state index in [4.69, 9.17) is 14.2 Å². The molecule has 1 amide bonds. The molecule has 2 aromatic carbocycles. The SMILES string of the molecule is CCNC(=NCc1cccc(OCC(=O)N(C)C)c1)NCCc1ccc2c(c1)OCO2.I. The Labute approximate surface area is 206 Å². The van der Waals surface area contributed by atoms with Gasteiger partial charge in [0.25, 0.3) is 5.91 Å². The number of hydrogen-bond donors (Lipinski definition) is 2. The summed E-state index contributed by atoms with van der Waals surface area (Å²) in [7, 11) is 3.41. The van der Waals surface area contributed by atoms with Gasteiger partial charge in [-0.2, -0.15) is 0 Å². The van der Waals surface area contributed by atoms with Crippen LogP contribution in [0, 0.1) is 0 Å². The summed E-state index contributed by atoms with van der Waals surface area (Å²) >= 11 is 0. The molecular formula is C23H31IN4O4. The number of nitrogens with zero attached hydrogens (tertiary/aromatic N) is 2. The number of aliphatic imine (C=N–C) groups is 1. The van der Waals surface area contributed by atoms with Gasteiger partial charge in [0.05, 0.1) is 6.54 Å². The maximum Gasteiger partial charge on any atom is 0.259 e. The van der Waals surface area contributed by atoms with Gasteiger partial charge in [0.15, 0.2) is 24.1 Å². The molecule has 0 fully saturated rings. The lowest BCUT2D eigenvalue weighted by Crippen LogP contribution is -2.38. The van der Waals surface area contributed by atoms with Gasteiger partial charge in [-0.15, -0.1) is 24.0 Å². The summed E-state index contributed by atoms with van der Waals surface area (Å²) in [6.45, 7) is 4.34. The topological polar surface area (TPSA) is 84.4 Å². The highest BCUT2D eigenvalue weighted by molar-refractivity contribution is 14.0. The summed E-state index contributed by atoms with van der Waals surface area (Å²) in [6, 6.07) is 13.6. The Morgan fingerprint density at radius 3 is 2.69 bits per heavy atom. The van der Waals surface area contributed by atoms with E-state index < -0.39 is 0 Å². The largest absolute Gasteiger partial charge is 0.484 e. The van der Waals surface area contributed by atoms with Crippen molar-refractivity contribution in [2.24, 2.45) is 4.99 Å². The molecule has 0 aromatic heterocycles. The van der Waals surface area contributed by atoms with E-state index in [9.17, 15) is 4.79 Å². The molecule has 0 radical (unpaired) electrons. The Bertz CT molecular complexity index is 921. The second kappa shape index (κ2) is 13.0. The molecule has 0 aliphatic carbocycles. The van der Waals surface area contributed by atoms with Crippen LogP contribution in [0.2, 0.25) is 0 Å². The van der Waals surface area contributed by atoms with Crippen molar-refractivity contribution in [3.8, 4) is 17.2 Å². The molecule has 0 atom stereocenters. The van der Waals surface area contributed by atoms with Crippen LogP contribution in [-0.2, 0) is 17.8 Å². The summed E-state index contributed by atoms with van der Waals surface area (Å²) < 4.78 is 16.4. The molecule has 174 valence electrons. The van der Waals surface area contributed by atoms with E-state index in [2.05, 4.69) is 15.6 Å². The van der Waals surface area contributed by atoms with Crippen molar-refractivity contribution in [1.29, 1.82) is 0 Å². The van der Waals surface area contributed by atoms with Crippen LogP contribution in [0.1, 0.15) is 18.1 Å². The molecule has 32 heavy (non-hydrogen) atoms. The normalized spacial score (nSPS) is 12.0. The minimum Gasteiger partial charge on any atom is -0.484 e. The van der Waals surface area contributed by atoms with Crippen molar-refractivity contribution in [2.45, 2.75) is 19.9 Å². The van der Waals surface area contributed by atoms with Crippen LogP contribution < -0.4 is 24.8 Å². The molecule has 2 aromatic rings. The van der Waals surface area contributed by atoms with Gasteiger partial charge in [0.1, 0.15) is 5.75 Å². The Morgan fingerprint density at radius 2 is 1.91 bits per heavy atom. The molecule has 0 bridgehead atoms. The van der Waals surface area contributed by atoms with Gasteiger partial charge in [-0.25, -0.2) is 4.99 Å². The van der Waals surface area contributed by atoms with Crippen LogP contribution in [0.25, 0.3) is 0 Å². The first-order valence-corrected chi connectivity index (χ1v) is 10.4. The molecule has 3 rings (SSSR count). The fourth-order valence-corrected chi connectivity index (χ4v) is 2.94. The van der Waals surface area contributed by atoms with Crippen LogP contribution >= 0.6 is 24.0 Å². The van der Waals surface area contributed by atoms with Crippen molar-refractivity contribution in [3.63, 3.8) is 0 Å². The third-order valence-electron chi connectivity index (χ3n) is 4.67. The maximum absolute atomic E-state index is 11.7. The number of fused-ring (bicyclic) bond motifs is 1. The predicted octanol–water partition coefficient (Wildman–Crippen LogP) is 2.80. The Balaban J connectivity index is 0.00000363. The summed E-state index contributed by atoms with van der Waals surface area (Å²) in [5.41, 5.74) is 2.17. The quantitative estimate of drug-likeness (QED) is 0.282. The molecule has 0 unspecified atom stereocenters. The predicted molar refractivity (Wildman–Crippen MR) is 135 cm³/mol. The van der Waals surface area contributed by atoms with Gasteiger partial charge < -0.3 is 29.7 Å². The number of halogens is 1. The third kappa shape index (κ3) is 7.77. The fraction of sp³-hybridized carbons (Fsp3) is 0.391. The monoisotopic (exact) mass is 554 g/mol. The summed E-state index contributed by atoms with van der Waals surface area (Å²) in [5, 5.41) is 6.62. The van der Waals surface area contributed by atoms with Crippen LogP contribution in [-0.4, -0.2) is 57.4 Å². The van der Waals surface area contributed by atoms with E-state index in [0.717, 1.165) is 42.5 Å². The molecule has 1 heterocycles. The molecule has 8 nitrogen and oxygen atoms in total. The standard InChI is InChI=1S/C23H30N4O4.HI/c1-4-24-23(25-11-10-17-8-9-20-21(13-17)31-16-30-20)26-14-18-6-5-7-19(12-18)29-15-22(28)27(2)3;/h5-9,12-13H,4,10-11,14-16H2,1-3H3,(H2,24,25,26);1H. The van der Waals surface area contributed by atoms with Crippen LogP contribution in [0.5, 0.6) is 17.2 Å². The first-order valence-electron chi connectivity index (χ1n) is 10.4. The van der Waals surface area contributed by atoms with E-state index in [-0.39, 0.29) is 43.3 Å². The van der Waals surface area contributed by atoms with E-state index in [1.54, 1.807) is 14.1 Å². The van der Waals surface area contributed by atoms with Gasteiger partial charge in [0.2, 0.25) is 6.79 Å². The lowest BCUT2D eigenvalue weighted by Gasteiger charge is -2.13. The minimum absolute atomic E-state index is 0. The molecule has 2 N–H and O–H groups in total. The van der Waals surface area contributed by atoms with E-state index >= 15 is 0 Å². The maximum atomic E-state index is 11.7. The van der Waals surface area contributed by atoms with Gasteiger partial charge in [-0.05, 0) is 48.7 Å². The molecule has 0 saturated heterocycles. The second-order valence-electron chi connectivity index (χ2n) is 7.28. The first kappa shape index (κ1) is 25.6. The fourth-order valence-electron chi connectivity index (χ4n) is 2.94. The van der Waals surface area contributed by atoms with Crippen molar-refractivity contribution in [1.82, 2.24) is 15.5 Å². The Kier molecular flexibility index (Phi) is 10.4. The average molecular weight is 554 g/mol. The first-order chi connectivity index (χ1) is 15.0. The summed E-state index contributed by atoms with van der Waals surface area (Å²) in [4.78, 5) is 17.9. The van der Waals surface area contributed by atoms with Crippen molar-refractivity contribution >= 4 is 35.8 Å². The summed E-state index contributed by atoms with van der Waals surface area (Å²) in [6.07, 6.45) is 0.838. The van der Waals surface area contributed by atoms with Crippen LogP contribution in [0.3, 0.4) is 0 Å². The van der Waals surface area contributed by atoms with Crippen molar-refractivity contribution in [2.75, 3.05) is 40.6 Å². The lowest BCUT2D eigenvalue weighted by atomic mass is 10.1. The number of benzene rings is 2. The van der Waals surface area contributed by atoms with Crippen LogP contribution in [0.15, 0.2) is 47.5 Å². The second-order valence-corrected chi connectivity index (χ2v) is 7.28. The lowest BCUT2D eigenvalue weighted by molar-refractivity contribution is -0.130. The average Bonchev–Trinajstić information content (AvgIpc) is 3.24. The molecule has 0 spiro atoms. The Hall–Kier alpha value is -2.69.